The molecule has 0 saturated heterocycles. The van der Waals surface area contributed by atoms with Gasteiger partial charge >= 0.3 is 5.97 Å². The molecule has 1 aliphatic heterocycles. The maximum Gasteiger partial charge on any atom is 0.335 e. The van der Waals surface area contributed by atoms with Gasteiger partial charge in [0.15, 0.2) is 5.78 Å². The van der Waals surface area contributed by atoms with Crippen molar-refractivity contribution in [2.75, 3.05) is 11.9 Å². The summed E-state index contributed by atoms with van der Waals surface area (Å²) in [5.41, 5.74) is 7.25. The fourth-order valence-corrected chi connectivity index (χ4v) is 8.28. The number of aromatic hydroxyl groups is 1. The second-order valence-corrected chi connectivity index (χ2v) is 14.2. The second-order valence-electron chi connectivity index (χ2n) is 9.85. The summed E-state index contributed by atoms with van der Waals surface area (Å²) in [6.07, 6.45) is 5.32. The van der Waals surface area contributed by atoms with E-state index in [0.29, 0.717) is 0 Å². The summed E-state index contributed by atoms with van der Waals surface area (Å²) >= 11 is 0. The first kappa shape index (κ1) is 23.6. The van der Waals surface area contributed by atoms with Gasteiger partial charge in [-0.3, -0.25) is 4.79 Å². The first-order valence-electron chi connectivity index (χ1n) is 11.8. The van der Waals surface area contributed by atoms with Crippen LogP contribution in [0, 0.1) is 6.92 Å². The molecule has 1 aliphatic carbocycles. The Balaban J connectivity index is 1.74. The largest absolute Gasteiger partial charge is 0.508 e. The molecule has 180 valence electrons. The number of carbonyl (C=O) groups excluding carboxylic acids is 1. The van der Waals surface area contributed by atoms with Gasteiger partial charge in [-0.15, -0.1) is 0 Å². The van der Waals surface area contributed by atoms with Crippen molar-refractivity contribution in [3.8, 4) is 5.75 Å². The molecule has 3 aromatic carbocycles. The molecule has 0 fully saturated rings. The van der Waals surface area contributed by atoms with Gasteiger partial charge < -0.3 is 15.1 Å². The monoisotopic (exact) mass is 493 g/mol. The van der Waals surface area contributed by atoms with Gasteiger partial charge in [0.05, 0.1) is 5.56 Å². The minimum absolute atomic E-state index is 0.00700. The van der Waals surface area contributed by atoms with Crippen LogP contribution in [-0.2, 0) is 4.79 Å². The Kier molecular flexibility index (Phi) is 5.56. The molecule has 0 radical (unpaired) electrons. The minimum Gasteiger partial charge on any atom is -0.508 e. The Morgan fingerprint density at radius 2 is 1.56 bits per heavy atom. The molecular weight excluding hydrogens is 466 g/mol. The van der Waals surface area contributed by atoms with Crippen molar-refractivity contribution in [1.29, 1.82) is 0 Å². The summed E-state index contributed by atoms with van der Waals surface area (Å²) in [5, 5.41) is 21.5. The van der Waals surface area contributed by atoms with Crippen molar-refractivity contribution >= 4 is 42.0 Å². The van der Waals surface area contributed by atoms with Crippen LogP contribution in [0.5, 0.6) is 5.75 Å². The number of ketones is 1. The highest BCUT2D eigenvalue weighted by Crippen LogP contribution is 2.43. The van der Waals surface area contributed by atoms with E-state index in [2.05, 4.69) is 36.2 Å². The van der Waals surface area contributed by atoms with E-state index < -0.39 is 14.0 Å². The standard InChI is InChI=1S/C30H27NO4Si/c1-18-15-19(30(34)35)5-12-24(18)29-25-13-8-21(31(2)20-6-9-22(32)10-7-20)16-27(25)36(3,4)28-17-23(33)11-14-26(28)29/h5-17,32H,1-4H3,(H,34,35). The average Bonchev–Trinajstić information content (AvgIpc) is 2.85. The molecule has 1 heterocycles. The highest BCUT2D eigenvalue weighted by atomic mass is 28.3. The molecule has 0 saturated carbocycles. The number of anilines is 2. The predicted octanol–water partition coefficient (Wildman–Crippen LogP) is 5.50. The van der Waals surface area contributed by atoms with Crippen LogP contribution in [0.3, 0.4) is 0 Å². The van der Waals surface area contributed by atoms with Gasteiger partial charge in [-0.05, 0) is 106 Å². The number of carboxylic acid groups (broad SMARTS) is 1. The summed E-state index contributed by atoms with van der Waals surface area (Å²) in [5.74, 6) is -0.738. The molecule has 0 atom stereocenters. The predicted molar refractivity (Wildman–Crippen MR) is 146 cm³/mol. The molecule has 0 unspecified atom stereocenters. The van der Waals surface area contributed by atoms with Gasteiger partial charge in [0, 0.05) is 18.4 Å². The zero-order valence-corrected chi connectivity index (χ0v) is 21.7. The molecule has 36 heavy (non-hydrogen) atoms. The molecule has 0 aromatic heterocycles. The highest BCUT2D eigenvalue weighted by molar-refractivity contribution is 6.98. The van der Waals surface area contributed by atoms with E-state index in [1.807, 2.05) is 38.2 Å². The third-order valence-corrected chi connectivity index (χ3v) is 10.8. The Bertz CT molecular complexity index is 1530. The van der Waals surface area contributed by atoms with Gasteiger partial charge in [0.1, 0.15) is 13.8 Å². The first-order valence-corrected chi connectivity index (χ1v) is 14.8. The summed E-state index contributed by atoms with van der Waals surface area (Å²) < 4.78 is 0. The van der Waals surface area contributed by atoms with Crippen molar-refractivity contribution in [1.82, 2.24) is 0 Å². The molecule has 5 rings (SSSR count). The van der Waals surface area contributed by atoms with Gasteiger partial charge in [0.25, 0.3) is 0 Å². The van der Waals surface area contributed by atoms with E-state index in [4.69, 9.17) is 0 Å². The van der Waals surface area contributed by atoms with Crippen LogP contribution in [-0.4, -0.2) is 37.1 Å². The SMILES string of the molecule is Cc1cc(C(=O)O)ccc1C1=C2C=CC(=O)C=C2[Si](C)(C)c2cc(N(C)c3ccc(O)cc3)ccc21. The van der Waals surface area contributed by atoms with E-state index >= 15 is 0 Å². The molecule has 3 aromatic rings. The van der Waals surface area contributed by atoms with Crippen LogP contribution in [0.2, 0.25) is 13.1 Å². The molecule has 6 heteroatoms. The number of hydrogen-bond donors (Lipinski definition) is 2. The van der Waals surface area contributed by atoms with Gasteiger partial charge in [-0.1, -0.05) is 31.3 Å². The van der Waals surface area contributed by atoms with Crippen molar-refractivity contribution in [2.45, 2.75) is 20.0 Å². The molecule has 0 amide bonds. The van der Waals surface area contributed by atoms with Gasteiger partial charge in [0.2, 0.25) is 0 Å². The quantitative estimate of drug-likeness (QED) is 0.469. The lowest BCUT2D eigenvalue weighted by molar-refractivity contribution is -0.110. The highest BCUT2D eigenvalue weighted by Gasteiger charge is 2.40. The molecular formula is C30H27NO4Si. The summed E-state index contributed by atoms with van der Waals surface area (Å²) in [7, 11) is -0.258. The maximum atomic E-state index is 12.5. The number of fused-ring (bicyclic) bond motifs is 2. The Morgan fingerprint density at radius 1 is 0.889 bits per heavy atom. The number of aryl methyl sites for hydroxylation is 1. The van der Waals surface area contributed by atoms with E-state index in [1.165, 1.54) is 5.19 Å². The fraction of sp³-hybridized carbons (Fsp3) is 0.133. The third-order valence-electron chi connectivity index (χ3n) is 7.25. The molecule has 0 spiro atoms. The number of benzene rings is 3. The smallest absolute Gasteiger partial charge is 0.335 e. The number of phenolic OH excluding ortho intramolecular Hbond substituents is 1. The lowest BCUT2D eigenvalue weighted by Crippen LogP contribution is -2.49. The number of rotatable bonds is 4. The lowest BCUT2D eigenvalue weighted by Gasteiger charge is -2.38. The number of hydrogen-bond acceptors (Lipinski definition) is 4. The molecule has 2 aliphatic rings. The van der Waals surface area contributed by atoms with E-state index in [9.17, 15) is 19.8 Å². The first-order chi connectivity index (χ1) is 17.1. The van der Waals surface area contributed by atoms with Crippen LogP contribution in [0.15, 0.2) is 89.7 Å². The average molecular weight is 494 g/mol. The van der Waals surface area contributed by atoms with Gasteiger partial charge in [-0.2, -0.15) is 0 Å². The fourth-order valence-electron chi connectivity index (χ4n) is 5.22. The molecule has 5 nitrogen and oxygen atoms in total. The van der Waals surface area contributed by atoms with Crippen LogP contribution < -0.4 is 10.1 Å². The number of phenols is 1. The van der Waals surface area contributed by atoms with E-state index in [1.54, 1.807) is 36.4 Å². The summed E-state index contributed by atoms with van der Waals surface area (Å²) in [4.78, 5) is 26.1. The zero-order valence-electron chi connectivity index (χ0n) is 20.7. The normalized spacial score (nSPS) is 15.8. The topological polar surface area (TPSA) is 77.8 Å². The minimum atomic E-state index is -2.25. The van der Waals surface area contributed by atoms with Crippen LogP contribution in [0.1, 0.15) is 27.0 Å². The van der Waals surface area contributed by atoms with Crippen LogP contribution in [0.25, 0.3) is 5.57 Å². The lowest BCUT2D eigenvalue weighted by atomic mass is 9.87. The number of aromatic carboxylic acids is 1. The number of carboxylic acids is 1. The van der Waals surface area contributed by atoms with Crippen molar-refractivity contribution in [3.63, 3.8) is 0 Å². The van der Waals surface area contributed by atoms with Crippen LogP contribution in [0.4, 0.5) is 11.4 Å². The Labute approximate surface area is 211 Å². The third kappa shape index (κ3) is 3.80. The summed E-state index contributed by atoms with van der Waals surface area (Å²) in [6, 6.07) is 18.8. The number of allylic oxidation sites excluding steroid dienone is 5. The Morgan fingerprint density at radius 3 is 2.22 bits per heavy atom. The van der Waals surface area contributed by atoms with Crippen LogP contribution >= 0.6 is 0 Å². The van der Waals surface area contributed by atoms with Crippen molar-refractivity contribution in [2.24, 2.45) is 0 Å². The summed E-state index contributed by atoms with van der Waals surface area (Å²) in [6.45, 7) is 6.47. The van der Waals surface area contributed by atoms with Gasteiger partial charge in [-0.25, -0.2) is 4.79 Å². The molecule has 0 bridgehead atoms. The van der Waals surface area contributed by atoms with E-state index in [-0.39, 0.29) is 17.1 Å². The van der Waals surface area contributed by atoms with Crippen molar-refractivity contribution < 1.29 is 19.8 Å². The second kappa shape index (κ2) is 8.50. The van der Waals surface area contributed by atoms with E-state index in [0.717, 1.165) is 44.4 Å². The molecule has 2 N–H and O–H groups in total. The number of nitrogens with zero attached hydrogens (tertiary/aromatic N) is 1. The zero-order chi connectivity index (χ0) is 25.8. The Hall–Kier alpha value is -4.16. The number of carbonyl (C=O) groups is 2. The maximum absolute atomic E-state index is 12.5. The van der Waals surface area contributed by atoms with Crippen molar-refractivity contribution in [3.05, 3.63) is 112 Å².